The lowest BCUT2D eigenvalue weighted by molar-refractivity contribution is 0.415. The Morgan fingerprint density at radius 3 is 2.54 bits per heavy atom. The van der Waals surface area contributed by atoms with E-state index in [1.807, 2.05) is 32.0 Å². The summed E-state index contributed by atoms with van der Waals surface area (Å²) in [6.45, 7) is 4.50. The number of benzene rings is 2. The van der Waals surface area contributed by atoms with Crippen molar-refractivity contribution in [2.24, 2.45) is 0 Å². The van der Waals surface area contributed by atoms with Crippen LogP contribution in [0.25, 0.3) is 32.6 Å². The van der Waals surface area contributed by atoms with Crippen LogP contribution in [0.1, 0.15) is 18.9 Å². The fraction of sp³-hybridized carbons (Fsp3) is 0.238. The van der Waals surface area contributed by atoms with E-state index in [2.05, 4.69) is 0 Å². The first-order valence-electron chi connectivity index (χ1n) is 8.62. The van der Waals surface area contributed by atoms with E-state index in [1.54, 1.807) is 23.8 Å². The Bertz CT molecular complexity index is 1280. The zero-order valence-corrected chi connectivity index (χ0v) is 15.0. The van der Waals surface area contributed by atoms with Gasteiger partial charge in [0.25, 0.3) is 5.56 Å². The zero-order chi connectivity index (χ0) is 18.4. The monoisotopic (exact) mass is 349 g/mol. The van der Waals surface area contributed by atoms with E-state index < -0.39 is 0 Å². The third kappa shape index (κ3) is 2.39. The number of hydrogen-bond acceptors (Lipinski definition) is 4. The fourth-order valence-corrected chi connectivity index (χ4v) is 3.56. The van der Waals surface area contributed by atoms with Gasteiger partial charge >= 0.3 is 5.63 Å². The molecule has 0 spiro atoms. The van der Waals surface area contributed by atoms with Gasteiger partial charge in [0.1, 0.15) is 11.3 Å². The Hall–Kier alpha value is -3.08. The molecule has 0 atom stereocenters. The Kier molecular flexibility index (Phi) is 3.80. The highest BCUT2D eigenvalue weighted by atomic mass is 16.5. The zero-order valence-electron chi connectivity index (χ0n) is 15.0. The van der Waals surface area contributed by atoms with E-state index in [9.17, 15) is 9.59 Å². The molecule has 0 amide bonds. The molecule has 0 radical (unpaired) electrons. The van der Waals surface area contributed by atoms with Crippen molar-refractivity contribution in [1.29, 1.82) is 0 Å². The molecule has 132 valence electrons. The van der Waals surface area contributed by atoms with Crippen LogP contribution in [0, 0.1) is 6.92 Å². The van der Waals surface area contributed by atoms with Crippen LogP contribution in [-0.4, -0.2) is 11.7 Å². The Morgan fingerprint density at radius 2 is 1.81 bits per heavy atom. The second-order valence-corrected chi connectivity index (χ2v) is 6.48. The number of rotatable bonds is 3. The number of pyridine rings is 1. The van der Waals surface area contributed by atoms with Crippen molar-refractivity contribution in [3.63, 3.8) is 0 Å². The van der Waals surface area contributed by atoms with Crippen molar-refractivity contribution in [3.8, 4) is 5.75 Å². The van der Waals surface area contributed by atoms with E-state index >= 15 is 0 Å². The van der Waals surface area contributed by atoms with Crippen molar-refractivity contribution < 1.29 is 9.15 Å². The van der Waals surface area contributed by atoms with Crippen molar-refractivity contribution in [2.45, 2.75) is 26.8 Å². The van der Waals surface area contributed by atoms with Crippen LogP contribution < -0.4 is 15.9 Å². The van der Waals surface area contributed by atoms with E-state index in [-0.39, 0.29) is 11.2 Å². The maximum absolute atomic E-state index is 13.1. The van der Waals surface area contributed by atoms with Crippen LogP contribution >= 0.6 is 0 Å². The molecule has 4 rings (SSSR count). The molecule has 0 saturated heterocycles. The average molecular weight is 349 g/mol. The molecule has 0 unspecified atom stereocenters. The molecule has 4 aromatic rings. The minimum atomic E-state index is -0.385. The van der Waals surface area contributed by atoms with Gasteiger partial charge in [-0.05, 0) is 48.6 Å². The minimum Gasteiger partial charge on any atom is -0.497 e. The molecule has 2 aromatic heterocycles. The first-order chi connectivity index (χ1) is 12.5. The van der Waals surface area contributed by atoms with Gasteiger partial charge in [-0.1, -0.05) is 6.92 Å². The van der Waals surface area contributed by atoms with Gasteiger partial charge in [-0.15, -0.1) is 0 Å². The van der Waals surface area contributed by atoms with Gasteiger partial charge < -0.3 is 13.7 Å². The SMILES string of the molecule is CCCn1c(=O)c2cc(OC)ccc2c2cc3c(C)cc(=O)oc3cc21. The Balaban J connectivity index is 2.26. The van der Waals surface area contributed by atoms with Crippen molar-refractivity contribution in [2.75, 3.05) is 7.11 Å². The van der Waals surface area contributed by atoms with Crippen LogP contribution in [0.15, 0.2) is 50.4 Å². The van der Waals surface area contributed by atoms with Crippen LogP contribution in [0.3, 0.4) is 0 Å². The van der Waals surface area contributed by atoms with E-state index in [1.165, 1.54) is 6.07 Å². The van der Waals surface area contributed by atoms with E-state index in [0.29, 0.717) is 23.3 Å². The summed E-state index contributed by atoms with van der Waals surface area (Å²) in [5.41, 5.74) is 1.68. The smallest absolute Gasteiger partial charge is 0.336 e. The van der Waals surface area contributed by atoms with Gasteiger partial charge in [-0.2, -0.15) is 0 Å². The molecule has 0 aliphatic carbocycles. The molecule has 2 heterocycles. The summed E-state index contributed by atoms with van der Waals surface area (Å²) >= 11 is 0. The predicted octanol–water partition coefficient (Wildman–Crippen LogP) is 3.99. The Labute approximate surface area is 149 Å². The van der Waals surface area contributed by atoms with Crippen molar-refractivity contribution >= 4 is 32.6 Å². The normalized spacial score (nSPS) is 11.5. The lowest BCUT2D eigenvalue weighted by atomic mass is 10.0. The molecule has 26 heavy (non-hydrogen) atoms. The number of fused-ring (bicyclic) bond motifs is 4. The first kappa shape index (κ1) is 16.4. The van der Waals surface area contributed by atoms with Crippen molar-refractivity contribution in [3.05, 3.63) is 62.7 Å². The van der Waals surface area contributed by atoms with E-state index in [0.717, 1.165) is 33.7 Å². The summed E-state index contributed by atoms with van der Waals surface area (Å²) in [4.78, 5) is 24.8. The molecular weight excluding hydrogens is 330 g/mol. The standard InChI is InChI=1S/C21H19NO4/c1-4-7-22-18-11-19-15(12(2)8-20(23)26-19)10-16(18)14-6-5-13(25-3)9-17(14)21(22)24/h5-6,8-11H,4,7H2,1-3H3. The first-order valence-corrected chi connectivity index (χ1v) is 8.62. The number of ether oxygens (including phenoxy) is 1. The molecule has 0 N–H and O–H groups in total. The number of aryl methyl sites for hydroxylation is 2. The Morgan fingerprint density at radius 1 is 1.00 bits per heavy atom. The molecule has 0 saturated carbocycles. The summed E-state index contributed by atoms with van der Waals surface area (Å²) < 4.78 is 12.4. The second kappa shape index (κ2) is 6.02. The maximum atomic E-state index is 13.1. The third-order valence-electron chi connectivity index (χ3n) is 4.80. The molecule has 0 bridgehead atoms. The van der Waals surface area contributed by atoms with Crippen molar-refractivity contribution in [1.82, 2.24) is 4.57 Å². The van der Waals surface area contributed by atoms with Gasteiger partial charge in [0.05, 0.1) is 18.0 Å². The number of methoxy groups -OCH3 is 1. The summed E-state index contributed by atoms with van der Waals surface area (Å²) in [6.07, 6.45) is 0.820. The topological polar surface area (TPSA) is 61.4 Å². The van der Waals surface area contributed by atoms with Crippen LogP contribution in [0.4, 0.5) is 0 Å². The molecule has 0 fully saturated rings. The van der Waals surface area contributed by atoms with E-state index in [4.69, 9.17) is 9.15 Å². The molecular formula is C21H19NO4. The fourth-order valence-electron chi connectivity index (χ4n) is 3.56. The minimum absolute atomic E-state index is 0.0670. The average Bonchev–Trinajstić information content (AvgIpc) is 2.63. The van der Waals surface area contributed by atoms with Gasteiger partial charge in [0.15, 0.2) is 0 Å². The third-order valence-corrected chi connectivity index (χ3v) is 4.80. The highest BCUT2D eigenvalue weighted by Crippen LogP contribution is 2.30. The number of hydrogen-bond donors (Lipinski definition) is 0. The highest BCUT2D eigenvalue weighted by molar-refractivity contribution is 6.10. The summed E-state index contributed by atoms with van der Waals surface area (Å²) in [6, 6.07) is 10.8. The predicted molar refractivity (Wildman–Crippen MR) is 103 cm³/mol. The number of aromatic nitrogens is 1. The lowest BCUT2D eigenvalue weighted by Crippen LogP contribution is -2.21. The second-order valence-electron chi connectivity index (χ2n) is 6.48. The highest BCUT2D eigenvalue weighted by Gasteiger charge is 2.14. The van der Waals surface area contributed by atoms with Crippen LogP contribution in [-0.2, 0) is 6.54 Å². The summed E-state index contributed by atoms with van der Waals surface area (Å²) in [5.74, 6) is 0.653. The number of nitrogens with zero attached hydrogens (tertiary/aromatic N) is 1. The van der Waals surface area contributed by atoms with Crippen LogP contribution in [0.5, 0.6) is 5.75 Å². The molecule has 5 heteroatoms. The van der Waals surface area contributed by atoms with Gasteiger partial charge in [-0.3, -0.25) is 4.79 Å². The molecule has 2 aromatic carbocycles. The van der Waals surface area contributed by atoms with Gasteiger partial charge in [-0.25, -0.2) is 4.79 Å². The quantitative estimate of drug-likeness (QED) is 0.319. The summed E-state index contributed by atoms with van der Waals surface area (Å²) in [5, 5.41) is 3.32. The van der Waals surface area contributed by atoms with Gasteiger partial charge in [0, 0.05) is 29.4 Å². The van der Waals surface area contributed by atoms with Gasteiger partial charge in [0.2, 0.25) is 0 Å². The lowest BCUT2D eigenvalue weighted by Gasteiger charge is -2.14. The molecule has 0 aliphatic heterocycles. The maximum Gasteiger partial charge on any atom is 0.336 e. The molecule has 0 aliphatic rings. The summed E-state index contributed by atoms with van der Waals surface area (Å²) in [7, 11) is 1.59. The largest absolute Gasteiger partial charge is 0.497 e. The molecule has 5 nitrogen and oxygen atoms in total. The van der Waals surface area contributed by atoms with Crippen LogP contribution in [0.2, 0.25) is 0 Å².